The first-order valence-electron chi connectivity index (χ1n) is 6.09. The highest BCUT2D eigenvalue weighted by Crippen LogP contribution is 2.23. The SMILES string of the molecule is Cc1c(O)c(=O)c2ccccc2n1-c1ccccc1. The number of pyridine rings is 1. The van der Waals surface area contributed by atoms with Crippen LogP contribution in [0.15, 0.2) is 59.4 Å². The van der Waals surface area contributed by atoms with Crippen molar-refractivity contribution < 1.29 is 5.11 Å². The summed E-state index contributed by atoms with van der Waals surface area (Å²) in [6.07, 6.45) is 0. The number of hydrogen-bond acceptors (Lipinski definition) is 2. The monoisotopic (exact) mass is 251 g/mol. The van der Waals surface area contributed by atoms with Crippen LogP contribution in [0.25, 0.3) is 16.6 Å². The minimum atomic E-state index is -0.319. The van der Waals surface area contributed by atoms with Gasteiger partial charge in [0.05, 0.1) is 11.2 Å². The summed E-state index contributed by atoms with van der Waals surface area (Å²) in [6, 6.07) is 17.0. The fourth-order valence-corrected chi connectivity index (χ4v) is 2.35. The number of hydrogen-bond donors (Lipinski definition) is 1. The van der Waals surface area contributed by atoms with Crippen molar-refractivity contribution >= 4 is 10.9 Å². The molecule has 2 aromatic carbocycles. The van der Waals surface area contributed by atoms with Gasteiger partial charge in [0.2, 0.25) is 5.43 Å². The number of nitrogens with zero attached hydrogens (tertiary/aromatic N) is 1. The van der Waals surface area contributed by atoms with E-state index in [0.29, 0.717) is 11.1 Å². The Morgan fingerprint density at radius 3 is 2.32 bits per heavy atom. The van der Waals surface area contributed by atoms with Crippen LogP contribution in [-0.2, 0) is 0 Å². The first kappa shape index (κ1) is 11.5. The molecule has 0 atom stereocenters. The molecule has 0 saturated carbocycles. The topological polar surface area (TPSA) is 42.2 Å². The summed E-state index contributed by atoms with van der Waals surface area (Å²) in [7, 11) is 0. The lowest BCUT2D eigenvalue weighted by atomic mass is 10.1. The number of rotatable bonds is 1. The van der Waals surface area contributed by atoms with Gasteiger partial charge in [0.1, 0.15) is 0 Å². The molecule has 3 heteroatoms. The zero-order valence-corrected chi connectivity index (χ0v) is 10.5. The molecule has 3 rings (SSSR count). The van der Waals surface area contributed by atoms with E-state index < -0.39 is 0 Å². The van der Waals surface area contributed by atoms with Gasteiger partial charge in [-0.15, -0.1) is 0 Å². The Balaban J connectivity index is 2.52. The Kier molecular flexibility index (Phi) is 2.60. The molecule has 0 fully saturated rings. The van der Waals surface area contributed by atoms with Crippen LogP contribution in [-0.4, -0.2) is 9.67 Å². The van der Waals surface area contributed by atoms with Crippen molar-refractivity contribution in [3.63, 3.8) is 0 Å². The molecule has 0 spiro atoms. The zero-order valence-electron chi connectivity index (χ0n) is 10.5. The van der Waals surface area contributed by atoms with Gasteiger partial charge in [0.25, 0.3) is 0 Å². The first-order valence-corrected chi connectivity index (χ1v) is 6.09. The van der Waals surface area contributed by atoms with Gasteiger partial charge in [-0.1, -0.05) is 30.3 Å². The molecular formula is C16H13NO2. The zero-order chi connectivity index (χ0) is 13.4. The van der Waals surface area contributed by atoms with E-state index in [1.807, 2.05) is 47.0 Å². The third-order valence-corrected chi connectivity index (χ3v) is 3.30. The second-order valence-electron chi connectivity index (χ2n) is 4.45. The summed E-state index contributed by atoms with van der Waals surface area (Å²) in [6.45, 7) is 1.75. The van der Waals surface area contributed by atoms with Crippen LogP contribution in [0.4, 0.5) is 0 Å². The van der Waals surface area contributed by atoms with Crippen molar-refractivity contribution in [2.75, 3.05) is 0 Å². The summed E-state index contributed by atoms with van der Waals surface area (Å²) in [4.78, 5) is 12.1. The van der Waals surface area contributed by atoms with E-state index >= 15 is 0 Å². The van der Waals surface area contributed by atoms with Crippen molar-refractivity contribution in [1.82, 2.24) is 4.57 Å². The second-order valence-corrected chi connectivity index (χ2v) is 4.45. The number of aromatic nitrogens is 1. The molecule has 0 unspecified atom stereocenters. The molecule has 0 amide bonds. The molecule has 19 heavy (non-hydrogen) atoms. The molecule has 3 aromatic rings. The number of benzene rings is 2. The van der Waals surface area contributed by atoms with Crippen molar-refractivity contribution in [1.29, 1.82) is 0 Å². The van der Waals surface area contributed by atoms with Crippen molar-refractivity contribution in [2.45, 2.75) is 6.92 Å². The Morgan fingerprint density at radius 2 is 1.58 bits per heavy atom. The minimum Gasteiger partial charge on any atom is -0.503 e. The highest BCUT2D eigenvalue weighted by molar-refractivity contribution is 5.82. The van der Waals surface area contributed by atoms with E-state index in [9.17, 15) is 9.90 Å². The molecule has 1 heterocycles. The van der Waals surface area contributed by atoms with E-state index in [4.69, 9.17) is 0 Å². The van der Waals surface area contributed by atoms with Crippen LogP contribution in [0.3, 0.4) is 0 Å². The second kappa shape index (κ2) is 4.28. The van der Waals surface area contributed by atoms with Crippen LogP contribution in [0.1, 0.15) is 5.69 Å². The predicted octanol–water partition coefficient (Wildman–Crippen LogP) is 3.00. The molecule has 1 aromatic heterocycles. The van der Waals surface area contributed by atoms with E-state index in [2.05, 4.69) is 0 Å². The van der Waals surface area contributed by atoms with Crippen molar-refractivity contribution in [3.8, 4) is 11.4 Å². The Morgan fingerprint density at radius 1 is 0.947 bits per heavy atom. The van der Waals surface area contributed by atoms with Gasteiger partial charge < -0.3 is 9.67 Å². The van der Waals surface area contributed by atoms with Crippen LogP contribution >= 0.6 is 0 Å². The van der Waals surface area contributed by atoms with E-state index in [-0.39, 0.29) is 11.2 Å². The normalized spacial score (nSPS) is 10.8. The average molecular weight is 251 g/mol. The van der Waals surface area contributed by atoms with Crippen molar-refractivity contribution in [3.05, 3.63) is 70.5 Å². The van der Waals surface area contributed by atoms with E-state index in [0.717, 1.165) is 11.2 Å². The number of para-hydroxylation sites is 2. The van der Waals surface area contributed by atoms with E-state index in [1.165, 1.54) is 0 Å². The summed E-state index contributed by atoms with van der Waals surface area (Å²) in [5, 5.41) is 10.5. The molecule has 0 aliphatic carbocycles. The maximum absolute atomic E-state index is 12.1. The van der Waals surface area contributed by atoms with Gasteiger partial charge in [0, 0.05) is 11.1 Å². The largest absolute Gasteiger partial charge is 0.503 e. The Labute approximate surface area is 110 Å². The lowest BCUT2D eigenvalue weighted by Gasteiger charge is -2.15. The number of fused-ring (bicyclic) bond motifs is 1. The van der Waals surface area contributed by atoms with Gasteiger partial charge >= 0.3 is 0 Å². The smallest absolute Gasteiger partial charge is 0.231 e. The predicted molar refractivity (Wildman–Crippen MR) is 75.9 cm³/mol. The molecule has 0 bridgehead atoms. The summed E-state index contributed by atoms with van der Waals surface area (Å²) in [5.41, 5.74) is 1.95. The highest BCUT2D eigenvalue weighted by atomic mass is 16.3. The quantitative estimate of drug-likeness (QED) is 0.722. The van der Waals surface area contributed by atoms with Gasteiger partial charge in [-0.05, 0) is 31.2 Å². The molecule has 0 aliphatic heterocycles. The van der Waals surface area contributed by atoms with Crippen molar-refractivity contribution in [2.24, 2.45) is 0 Å². The molecule has 94 valence electrons. The first-order chi connectivity index (χ1) is 9.20. The van der Waals surface area contributed by atoms with Gasteiger partial charge in [-0.3, -0.25) is 4.79 Å². The average Bonchev–Trinajstić information content (AvgIpc) is 2.46. The molecule has 0 aliphatic rings. The third-order valence-electron chi connectivity index (χ3n) is 3.30. The molecule has 1 N–H and O–H groups in total. The summed E-state index contributed by atoms with van der Waals surface area (Å²) >= 11 is 0. The standard InChI is InChI=1S/C16H13NO2/c1-11-15(18)16(19)13-9-5-6-10-14(13)17(11)12-7-3-2-4-8-12/h2-10,18H,1H3. The van der Waals surface area contributed by atoms with Crippen LogP contribution in [0, 0.1) is 6.92 Å². The maximum atomic E-state index is 12.1. The summed E-state index contributed by atoms with van der Waals surface area (Å²) in [5.74, 6) is -0.192. The Hall–Kier alpha value is -2.55. The highest BCUT2D eigenvalue weighted by Gasteiger charge is 2.13. The Bertz CT molecular complexity index is 804. The van der Waals surface area contributed by atoms with Crippen LogP contribution < -0.4 is 5.43 Å². The van der Waals surface area contributed by atoms with Crippen LogP contribution in [0.2, 0.25) is 0 Å². The third kappa shape index (κ3) is 1.71. The van der Waals surface area contributed by atoms with Gasteiger partial charge in [-0.2, -0.15) is 0 Å². The summed E-state index contributed by atoms with van der Waals surface area (Å²) < 4.78 is 1.89. The maximum Gasteiger partial charge on any atom is 0.231 e. The fraction of sp³-hybridized carbons (Fsp3) is 0.0625. The minimum absolute atomic E-state index is 0.192. The molecular weight excluding hydrogens is 238 g/mol. The molecule has 0 saturated heterocycles. The molecule has 0 radical (unpaired) electrons. The van der Waals surface area contributed by atoms with Crippen LogP contribution in [0.5, 0.6) is 5.75 Å². The van der Waals surface area contributed by atoms with Gasteiger partial charge in [0.15, 0.2) is 5.75 Å². The fourth-order valence-electron chi connectivity index (χ4n) is 2.35. The van der Waals surface area contributed by atoms with Gasteiger partial charge in [-0.25, -0.2) is 0 Å². The lowest BCUT2D eigenvalue weighted by Crippen LogP contribution is -2.11. The van der Waals surface area contributed by atoms with E-state index in [1.54, 1.807) is 19.1 Å². The lowest BCUT2D eigenvalue weighted by molar-refractivity contribution is 0.462. The number of aromatic hydroxyl groups is 1. The molecule has 3 nitrogen and oxygen atoms in total.